The number of ether oxygens (including phenoxy) is 2. The van der Waals surface area contributed by atoms with Gasteiger partial charge >= 0.3 is 0 Å². The Balaban J connectivity index is 1.56. The van der Waals surface area contributed by atoms with Crippen molar-refractivity contribution in [2.75, 3.05) is 26.4 Å². The molecule has 1 aliphatic heterocycles. The van der Waals surface area contributed by atoms with Gasteiger partial charge in [0.15, 0.2) is 5.79 Å². The zero-order valence-electron chi connectivity index (χ0n) is 11.5. The molecule has 1 unspecified atom stereocenters. The minimum Gasteiger partial charge on any atom is -0.396 e. The number of rotatable bonds is 6. The molecule has 1 spiro atoms. The zero-order chi connectivity index (χ0) is 12.8. The van der Waals surface area contributed by atoms with E-state index in [9.17, 15) is 0 Å². The van der Waals surface area contributed by atoms with E-state index >= 15 is 0 Å². The van der Waals surface area contributed by atoms with Crippen molar-refractivity contribution in [1.82, 2.24) is 5.32 Å². The topological polar surface area (TPSA) is 50.7 Å². The predicted molar refractivity (Wildman–Crippen MR) is 70.4 cm³/mol. The molecule has 1 atom stereocenters. The van der Waals surface area contributed by atoms with Crippen LogP contribution in [0.5, 0.6) is 0 Å². The van der Waals surface area contributed by atoms with Gasteiger partial charge in [-0.3, -0.25) is 0 Å². The van der Waals surface area contributed by atoms with Gasteiger partial charge in [-0.15, -0.1) is 0 Å². The van der Waals surface area contributed by atoms with E-state index in [1.807, 2.05) is 0 Å². The van der Waals surface area contributed by atoms with Crippen LogP contribution in [0, 0.1) is 5.92 Å². The molecule has 4 heteroatoms. The third-order valence-electron chi connectivity index (χ3n) is 4.18. The molecule has 2 aliphatic rings. The number of aliphatic hydroxyl groups excluding tert-OH is 1. The van der Waals surface area contributed by atoms with Crippen molar-refractivity contribution in [3.05, 3.63) is 0 Å². The molecule has 106 valence electrons. The van der Waals surface area contributed by atoms with Crippen molar-refractivity contribution in [3.63, 3.8) is 0 Å². The summed E-state index contributed by atoms with van der Waals surface area (Å²) in [6, 6.07) is 0.618. The van der Waals surface area contributed by atoms with Crippen molar-refractivity contribution >= 4 is 0 Å². The Morgan fingerprint density at radius 2 is 1.94 bits per heavy atom. The lowest BCUT2D eigenvalue weighted by Gasteiger charge is -2.35. The van der Waals surface area contributed by atoms with Crippen LogP contribution in [-0.4, -0.2) is 43.3 Å². The minimum absolute atomic E-state index is 0.233. The quantitative estimate of drug-likeness (QED) is 0.711. The molecule has 2 N–H and O–H groups in total. The van der Waals surface area contributed by atoms with E-state index in [0.29, 0.717) is 18.6 Å². The minimum atomic E-state index is -0.233. The Kier molecular flexibility index (Phi) is 5.42. The second kappa shape index (κ2) is 6.85. The van der Waals surface area contributed by atoms with Crippen molar-refractivity contribution in [1.29, 1.82) is 0 Å². The summed E-state index contributed by atoms with van der Waals surface area (Å²) in [6.07, 6.45) is 6.60. The highest BCUT2D eigenvalue weighted by molar-refractivity contribution is 4.85. The van der Waals surface area contributed by atoms with E-state index < -0.39 is 0 Å². The predicted octanol–water partition coefficient (Wildman–Crippen LogP) is 1.67. The van der Waals surface area contributed by atoms with Crippen LogP contribution < -0.4 is 5.32 Å². The van der Waals surface area contributed by atoms with Crippen LogP contribution in [-0.2, 0) is 9.47 Å². The summed E-state index contributed by atoms with van der Waals surface area (Å²) in [7, 11) is 0. The van der Waals surface area contributed by atoms with Gasteiger partial charge in [0, 0.05) is 25.5 Å². The number of hydrogen-bond donors (Lipinski definition) is 2. The molecule has 0 aromatic rings. The number of nitrogens with one attached hydrogen (secondary N) is 1. The van der Waals surface area contributed by atoms with Crippen molar-refractivity contribution < 1.29 is 14.6 Å². The molecule has 2 fully saturated rings. The lowest BCUT2D eigenvalue weighted by molar-refractivity contribution is -0.179. The summed E-state index contributed by atoms with van der Waals surface area (Å²) in [6.45, 7) is 4.98. The molecule has 0 amide bonds. The van der Waals surface area contributed by atoms with E-state index in [1.54, 1.807) is 0 Å². The molecule has 0 aromatic heterocycles. The summed E-state index contributed by atoms with van der Waals surface area (Å²) < 4.78 is 11.4. The maximum Gasteiger partial charge on any atom is 0.168 e. The normalized spacial score (nSPS) is 25.7. The van der Waals surface area contributed by atoms with Gasteiger partial charge in [-0.05, 0) is 38.1 Å². The summed E-state index contributed by atoms with van der Waals surface area (Å²) in [5.74, 6) is 0.200. The first-order chi connectivity index (χ1) is 8.74. The lowest BCUT2D eigenvalue weighted by atomic mass is 9.90. The highest BCUT2D eigenvalue weighted by Crippen LogP contribution is 2.35. The second-order valence-electron chi connectivity index (χ2n) is 5.77. The molecule has 1 saturated heterocycles. The van der Waals surface area contributed by atoms with Crippen molar-refractivity contribution in [2.24, 2.45) is 5.92 Å². The maximum atomic E-state index is 8.95. The average Bonchev–Trinajstić information content (AvgIpc) is 2.85. The third-order valence-corrected chi connectivity index (χ3v) is 4.18. The summed E-state index contributed by atoms with van der Waals surface area (Å²) in [5, 5.41) is 12.6. The summed E-state index contributed by atoms with van der Waals surface area (Å²) in [5.41, 5.74) is 0. The Hall–Kier alpha value is -0.160. The molecule has 1 heterocycles. The molecule has 1 saturated carbocycles. The van der Waals surface area contributed by atoms with Gasteiger partial charge in [-0.1, -0.05) is 6.92 Å². The number of aliphatic hydroxyl groups is 1. The van der Waals surface area contributed by atoms with Gasteiger partial charge in [0.25, 0.3) is 0 Å². The fourth-order valence-corrected chi connectivity index (χ4v) is 2.90. The van der Waals surface area contributed by atoms with E-state index in [-0.39, 0.29) is 5.79 Å². The highest BCUT2D eigenvalue weighted by atomic mass is 16.7. The molecular formula is C14H27NO3. The summed E-state index contributed by atoms with van der Waals surface area (Å²) in [4.78, 5) is 0. The van der Waals surface area contributed by atoms with Crippen molar-refractivity contribution in [3.8, 4) is 0 Å². The Morgan fingerprint density at radius 3 is 2.56 bits per heavy atom. The molecule has 18 heavy (non-hydrogen) atoms. The largest absolute Gasteiger partial charge is 0.396 e. The Labute approximate surface area is 110 Å². The summed E-state index contributed by atoms with van der Waals surface area (Å²) >= 11 is 0. The first-order valence-electron chi connectivity index (χ1n) is 7.36. The standard InChI is InChI=1S/C14H27NO3/c1-12(11-16)3-2-8-15-13-4-6-14(7-5-13)17-9-10-18-14/h12-13,15-16H,2-11H2,1H3. The lowest BCUT2D eigenvalue weighted by Crippen LogP contribution is -2.42. The van der Waals surface area contributed by atoms with Gasteiger partial charge in [-0.2, -0.15) is 0 Å². The van der Waals surface area contributed by atoms with Crippen LogP contribution in [0.2, 0.25) is 0 Å². The second-order valence-corrected chi connectivity index (χ2v) is 5.77. The van der Waals surface area contributed by atoms with Crippen LogP contribution in [0.1, 0.15) is 45.4 Å². The highest BCUT2D eigenvalue weighted by Gasteiger charge is 2.39. The van der Waals surface area contributed by atoms with Crippen LogP contribution in [0.3, 0.4) is 0 Å². The first-order valence-corrected chi connectivity index (χ1v) is 7.36. The van der Waals surface area contributed by atoms with Gasteiger partial charge in [-0.25, -0.2) is 0 Å². The zero-order valence-corrected chi connectivity index (χ0v) is 11.5. The molecule has 4 nitrogen and oxygen atoms in total. The van der Waals surface area contributed by atoms with E-state index in [1.165, 1.54) is 0 Å². The van der Waals surface area contributed by atoms with E-state index in [2.05, 4.69) is 12.2 Å². The van der Waals surface area contributed by atoms with E-state index in [0.717, 1.165) is 58.3 Å². The van der Waals surface area contributed by atoms with Crippen LogP contribution in [0.4, 0.5) is 0 Å². The van der Waals surface area contributed by atoms with Gasteiger partial charge in [0.05, 0.1) is 13.2 Å². The third kappa shape index (κ3) is 3.92. The SMILES string of the molecule is CC(CO)CCCNC1CCC2(CC1)OCCO2. The first kappa shape index (κ1) is 14.3. The van der Waals surface area contributed by atoms with Gasteiger partial charge < -0.3 is 19.9 Å². The molecular weight excluding hydrogens is 230 g/mol. The fraction of sp³-hybridized carbons (Fsp3) is 1.00. The van der Waals surface area contributed by atoms with Gasteiger partial charge in [0.2, 0.25) is 0 Å². The molecule has 0 radical (unpaired) electrons. The van der Waals surface area contributed by atoms with E-state index in [4.69, 9.17) is 14.6 Å². The molecule has 0 bridgehead atoms. The van der Waals surface area contributed by atoms with Crippen LogP contribution in [0.25, 0.3) is 0 Å². The maximum absolute atomic E-state index is 8.95. The molecule has 2 rings (SSSR count). The van der Waals surface area contributed by atoms with Crippen LogP contribution >= 0.6 is 0 Å². The molecule has 0 aromatic carbocycles. The van der Waals surface area contributed by atoms with Gasteiger partial charge in [0.1, 0.15) is 0 Å². The molecule has 1 aliphatic carbocycles. The Bertz CT molecular complexity index is 231. The van der Waals surface area contributed by atoms with Crippen molar-refractivity contribution in [2.45, 2.75) is 57.3 Å². The fourth-order valence-electron chi connectivity index (χ4n) is 2.90. The smallest absolute Gasteiger partial charge is 0.168 e. The van der Waals surface area contributed by atoms with Crippen LogP contribution in [0.15, 0.2) is 0 Å². The average molecular weight is 257 g/mol. The Morgan fingerprint density at radius 1 is 1.28 bits per heavy atom. The monoisotopic (exact) mass is 257 g/mol. The number of hydrogen-bond acceptors (Lipinski definition) is 4.